The molecule has 1 aliphatic heterocycles. The van der Waals surface area contributed by atoms with E-state index >= 15 is 0 Å². The number of methoxy groups -OCH3 is 3. The summed E-state index contributed by atoms with van der Waals surface area (Å²) in [5.41, 5.74) is 2.24. The van der Waals surface area contributed by atoms with E-state index in [0.717, 1.165) is 67.3 Å². The summed E-state index contributed by atoms with van der Waals surface area (Å²) in [5.74, 6) is 2.97. The Morgan fingerprint density at radius 2 is 1.71 bits per heavy atom. The fourth-order valence-electron chi connectivity index (χ4n) is 5.17. The molecule has 192 valence electrons. The summed E-state index contributed by atoms with van der Waals surface area (Å²) in [6.07, 6.45) is 3.25. The molecule has 1 aliphatic rings. The molecule has 2 aromatic carbocycles. The quantitative estimate of drug-likeness (QED) is 0.498. The number of rotatable bonds is 12. The van der Waals surface area contributed by atoms with Gasteiger partial charge < -0.3 is 24.4 Å². The molecule has 0 radical (unpaired) electrons. The van der Waals surface area contributed by atoms with Gasteiger partial charge in [-0.05, 0) is 63.5 Å². The van der Waals surface area contributed by atoms with Crippen LogP contribution < -0.4 is 19.5 Å². The fourth-order valence-corrected chi connectivity index (χ4v) is 5.17. The summed E-state index contributed by atoms with van der Waals surface area (Å²) in [5, 5.41) is 3.09. The maximum Gasteiger partial charge on any atom is 0.220 e. The van der Waals surface area contributed by atoms with E-state index < -0.39 is 0 Å². The zero-order valence-electron chi connectivity index (χ0n) is 21.9. The lowest BCUT2D eigenvalue weighted by molar-refractivity contribution is -0.121. The fraction of sp³-hybridized carbons (Fsp3) is 0.536. The van der Waals surface area contributed by atoms with E-state index in [-0.39, 0.29) is 5.91 Å². The third-order valence-corrected chi connectivity index (χ3v) is 6.97. The predicted molar refractivity (Wildman–Crippen MR) is 139 cm³/mol. The smallest absolute Gasteiger partial charge is 0.220 e. The van der Waals surface area contributed by atoms with E-state index in [1.807, 2.05) is 36.4 Å². The molecule has 1 N–H and O–H groups in total. The number of benzene rings is 2. The molecule has 7 heteroatoms. The van der Waals surface area contributed by atoms with Gasteiger partial charge in [-0.1, -0.05) is 30.3 Å². The van der Waals surface area contributed by atoms with Gasteiger partial charge >= 0.3 is 0 Å². The van der Waals surface area contributed by atoms with E-state index in [2.05, 4.69) is 35.3 Å². The van der Waals surface area contributed by atoms with Crippen LogP contribution in [0.3, 0.4) is 0 Å². The molecule has 0 bridgehead atoms. The second-order valence-corrected chi connectivity index (χ2v) is 9.42. The van der Waals surface area contributed by atoms with E-state index in [4.69, 9.17) is 14.2 Å². The van der Waals surface area contributed by atoms with Crippen LogP contribution in [0.15, 0.2) is 42.5 Å². The van der Waals surface area contributed by atoms with Crippen LogP contribution in [0.1, 0.15) is 30.4 Å². The minimum absolute atomic E-state index is 0.115. The highest BCUT2D eigenvalue weighted by Crippen LogP contribution is 2.33. The minimum atomic E-state index is 0.115. The van der Waals surface area contributed by atoms with Gasteiger partial charge in [-0.15, -0.1) is 0 Å². The van der Waals surface area contributed by atoms with Gasteiger partial charge in [-0.25, -0.2) is 0 Å². The summed E-state index contributed by atoms with van der Waals surface area (Å²) < 4.78 is 16.5. The molecule has 7 nitrogen and oxygen atoms in total. The minimum Gasteiger partial charge on any atom is -0.496 e. The van der Waals surface area contributed by atoms with Crippen LogP contribution in [0.25, 0.3) is 0 Å². The summed E-state index contributed by atoms with van der Waals surface area (Å²) in [7, 11) is 9.32. The lowest BCUT2D eigenvalue weighted by atomic mass is 9.87. The van der Waals surface area contributed by atoms with Crippen molar-refractivity contribution < 1.29 is 19.0 Å². The average Bonchev–Trinajstić information content (AvgIpc) is 2.87. The van der Waals surface area contributed by atoms with Crippen molar-refractivity contribution in [3.05, 3.63) is 53.6 Å². The van der Waals surface area contributed by atoms with Crippen molar-refractivity contribution in [2.24, 2.45) is 5.92 Å². The van der Waals surface area contributed by atoms with Gasteiger partial charge in [0.15, 0.2) is 11.5 Å². The Kier molecular flexibility index (Phi) is 10.2. The second-order valence-electron chi connectivity index (χ2n) is 9.42. The molecule has 1 heterocycles. The van der Waals surface area contributed by atoms with Gasteiger partial charge in [-0.2, -0.15) is 0 Å². The average molecular weight is 484 g/mol. The molecular formula is C28H41N3O4. The number of nitrogens with one attached hydrogen (secondary N) is 1. The first-order valence-corrected chi connectivity index (χ1v) is 12.4. The number of hydrogen-bond donors (Lipinski definition) is 1. The zero-order chi connectivity index (χ0) is 25.2. The van der Waals surface area contributed by atoms with Crippen molar-refractivity contribution in [2.45, 2.75) is 38.3 Å². The molecule has 0 unspecified atom stereocenters. The number of ether oxygens (including phenoxy) is 3. The number of likely N-dealkylation sites (tertiary alicyclic amines) is 1. The van der Waals surface area contributed by atoms with Gasteiger partial charge in [0.05, 0.1) is 21.3 Å². The van der Waals surface area contributed by atoms with E-state index in [1.54, 1.807) is 21.3 Å². The van der Waals surface area contributed by atoms with Crippen molar-refractivity contribution in [3.8, 4) is 17.2 Å². The molecule has 0 saturated carbocycles. The molecule has 1 amide bonds. The van der Waals surface area contributed by atoms with Crippen LogP contribution >= 0.6 is 0 Å². The van der Waals surface area contributed by atoms with Crippen LogP contribution in [0.5, 0.6) is 17.2 Å². The predicted octanol–water partition coefficient (Wildman–Crippen LogP) is 3.60. The van der Waals surface area contributed by atoms with Gasteiger partial charge in [0.25, 0.3) is 0 Å². The van der Waals surface area contributed by atoms with E-state index in [9.17, 15) is 4.79 Å². The summed E-state index contributed by atoms with van der Waals surface area (Å²) >= 11 is 0. The SMILES string of the molecule is COc1ccccc1CCNC(=O)CC[C@H]1CN(Cc2cccc(OC)c2OC)CC[C@H]1N(C)C. The Morgan fingerprint density at radius 1 is 1.00 bits per heavy atom. The largest absolute Gasteiger partial charge is 0.496 e. The summed E-state index contributed by atoms with van der Waals surface area (Å²) in [6.45, 7) is 3.40. The highest BCUT2D eigenvalue weighted by atomic mass is 16.5. The first kappa shape index (κ1) is 26.8. The lowest BCUT2D eigenvalue weighted by Gasteiger charge is -2.42. The van der Waals surface area contributed by atoms with Gasteiger partial charge in [-0.3, -0.25) is 9.69 Å². The molecule has 2 atom stereocenters. The molecule has 3 rings (SSSR count). The Hall–Kier alpha value is -2.77. The monoisotopic (exact) mass is 483 g/mol. The van der Waals surface area contributed by atoms with Crippen molar-refractivity contribution >= 4 is 5.91 Å². The van der Waals surface area contributed by atoms with Crippen LogP contribution in [0.2, 0.25) is 0 Å². The van der Waals surface area contributed by atoms with E-state index in [0.29, 0.717) is 24.9 Å². The standard InChI is InChI=1S/C28H41N3O4/c1-30(2)24-16-18-31(20-23-10-8-12-26(34-4)28(23)35-5)19-22(24)13-14-27(32)29-17-15-21-9-6-7-11-25(21)33-3/h6-12,22,24H,13-20H2,1-5H3,(H,29,32)/t22-,24+/m0/s1. The van der Waals surface area contributed by atoms with Crippen molar-refractivity contribution in [2.75, 3.05) is 55.1 Å². The Bertz CT molecular complexity index is 950. The highest BCUT2D eigenvalue weighted by Gasteiger charge is 2.31. The van der Waals surface area contributed by atoms with Crippen molar-refractivity contribution in [3.63, 3.8) is 0 Å². The van der Waals surface area contributed by atoms with Crippen LogP contribution in [-0.2, 0) is 17.8 Å². The highest BCUT2D eigenvalue weighted by molar-refractivity contribution is 5.75. The number of nitrogens with zero attached hydrogens (tertiary/aromatic N) is 2. The normalized spacial score (nSPS) is 18.3. The molecular weight excluding hydrogens is 442 g/mol. The molecule has 0 spiro atoms. The summed E-state index contributed by atoms with van der Waals surface area (Å²) in [6, 6.07) is 14.5. The van der Waals surface area contributed by atoms with Crippen molar-refractivity contribution in [1.29, 1.82) is 0 Å². The maximum absolute atomic E-state index is 12.6. The second kappa shape index (κ2) is 13.4. The molecule has 0 aromatic heterocycles. The number of carbonyl (C=O) groups excluding carboxylic acids is 1. The topological polar surface area (TPSA) is 63.3 Å². The number of hydrogen-bond acceptors (Lipinski definition) is 6. The molecule has 1 fully saturated rings. The third-order valence-electron chi connectivity index (χ3n) is 6.97. The maximum atomic E-state index is 12.6. The first-order chi connectivity index (χ1) is 17.0. The molecule has 0 aliphatic carbocycles. The van der Waals surface area contributed by atoms with Crippen LogP contribution in [0.4, 0.5) is 0 Å². The Balaban J connectivity index is 1.54. The molecule has 35 heavy (non-hydrogen) atoms. The Labute approximate surface area is 210 Å². The van der Waals surface area contributed by atoms with Gasteiger partial charge in [0, 0.05) is 37.7 Å². The number of carbonyl (C=O) groups is 1. The van der Waals surface area contributed by atoms with E-state index in [1.165, 1.54) is 0 Å². The molecule has 1 saturated heterocycles. The molecule has 2 aromatic rings. The van der Waals surface area contributed by atoms with Crippen LogP contribution in [-0.4, -0.2) is 76.8 Å². The number of para-hydroxylation sites is 2. The number of amides is 1. The Morgan fingerprint density at radius 3 is 2.43 bits per heavy atom. The van der Waals surface area contributed by atoms with Gasteiger partial charge in [0.1, 0.15) is 5.75 Å². The van der Waals surface area contributed by atoms with Crippen LogP contribution in [0, 0.1) is 5.92 Å². The van der Waals surface area contributed by atoms with Gasteiger partial charge in [0.2, 0.25) is 5.91 Å². The van der Waals surface area contributed by atoms with Crippen molar-refractivity contribution in [1.82, 2.24) is 15.1 Å². The zero-order valence-corrected chi connectivity index (χ0v) is 21.9. The lowest BCUT2D eigenvalue weighted by Crippen LogP contribution is -2.48. The number of piperidine rings is 1. The summed E-state index contributed by atoms with van der Waals surface area (Å²) in [4.78, 5) is 17.4. The first-order valence-electron chi connectivity index (χ1n) is 12.4. The third kappa shape index (κ3) is 7.36.